The summed E-state index contributed by atoms with van der Waals surface area (Å²) in [5.74, 6) is 1.44. The van der Waals surface area contributed by atoms with Gasteiger partial charge in [-0.3, -0.25) is 0 Å². The van der Waals surface area contributed by atoms with Crippen molar-refractivity contribution in [3.8, 4) is 11.5 Å². The van der Waals surface area contributed by atoms with Crippen LogP contribution in [0.4, 0.5) is 0 Å². The second-order valence-corrected chi connectivity index (χ2v) is 7.84. The third-order valence-corrected chi connectivity index (χ3v) is 5.54. The van der Waals surface area contributed by atoms with Gasteiger partial charge in [-0.25, -0.2) is 13.1 Å². The zero-order chi connectivity index (χ0) is 18.6. The van der Waals surface area contributed by atoms with Gasteiger partial charge < -0.3 is 9.47 Å². The van der Waals surface area contributed by atoms with Crippen LogP contribution in [0, 0.1) is 27.7 Å². The summed E-state index contributed by atoms with van der Waals surface area (Å²) in [6, 6.07) is 8.98. The van der Waals surface area contributed by atoms with E-state index in [0.29, 0.717) is 11.3 Å². The Bertz CT molecular complexity index is 837. The minimum Gasteiger partial charge on any atom is -0.497 e. The zero-order valence-electron chi connectivity index (χ0n) is 15.3. The Morgan fingerprint density at radius 2 is 1.60 bits per heavy atom. The van der Waals surface area contributed by atoms with Gasteiger partial charge in [0.15, 0.2) is 0 Å². The Labute approximate surface area is 150 Å². The molecule has 0 atom stereocenters. The van der Waals surface area contributed by atoms with Crippen LogP contribution in [0.2, 0.25) is 0 Å². The summed E-state index contributed by atoms with van der Waals surface area (Å²) in [6.45, 7) is 8.21. The van der Waals surface area contributed by atoms with Gasteiger partial charge in [0.1, 0.15) is 18.1 Å². The molecule has 0 bridgehead atoms. The number of ether oxygens (including phenoxy) is 2. The van der Waals surface area contributed by atoms with Crippen molar-refractivity contribution in [2.45, 2.75) is 32.6 Å². The SMILES string of the molecule is COc1ccc(S(=O)(=O)NCCOc2c(C)cc(C)cc2C)c(C)c1. The molecule has 0 radical (unpaired) electrons. The van der Waals surface area contributed by atoms with Crippen LogP contribution in [0.25, 0.3) is 0 Å². The first-order valence-corrected chi connectivity index (χ1v) is 9.58. The standard InChI is InChI=1S/C19H25NO4S/c1-13-10-15(3)19(16(4)11-13)24-9-8-20-25(21,22)18-7-6-17(23-5)12-14(18)2/h6-7,10-12,20H,8-9H2,1-5H3. The van der Waals surface area contributed by atoms with E-state index in [1.165, 1.54) is 5.56 Å². The van der Waals surface area contributed by atoms with E-state index >= 15 is 0 Å². The van der Waals surface area contributed by atoms with Crippen LogP contribution in [-0.2, 0) is 10.0 Å². The minimum absolute atomic E-state index is 0.195. The number of methoxy groups -OCH3 is 1. The molecule has 6 heteroatoms. The van der Waals surface area contributed by atoms with Gasteiger partial charge >= 0.3 is 0 Å². The van der Waals surface area contributed by atoms with E-state index in [2.05, 4.69) is 4.72 Å². The molecule has 0 aliphatic carbocycles. The van der Waals surface area contributed by atoms with Gasteiger partial charge in [0.05, 0.1) is 12.0 Å². The van der Waals surface area contributed by atoms with Crippen molar-refractivity contribution >= 4 is 10.0 Å². The van der Waals surface area contributed by atoms with Gasteiger partial charge in [0.2, 0.25) is 10.0 Å². The van der Waals surface area contributed by atoms with Crippen molar-refractivity contribution in [1.82, 2.24) is 4.72 Å². The van der Waals surface area contributed by atoms with Crippen molar-refractivity contribution < 1.29 is 17.9 Å². The summed E-state index contributed by atoms with van der Waals surface area (Å²) in [6.07, 6.45) is 0. The molecule has 0 heterocycles. The smallest absolute Gasteiger partial charge is 0.240 e. The Balaban J connectivity index is 1.99. The fraction of sp³-hybridized carbons (Fsp3) is 0.368. The van der Waals surface area contributed by atoms with Crippen molar-refractivity contribution in [2.24, 2.45) is 0 Å². The molecule has 1 N–H and O–H groups in total. The average Bonchev–Trinajstić information content (AvgIpc) is 2.52. The molecule has 0 unspecified atom stereocenters. The van der Waals surface area contributed by atoms with Crippen molar-refractivity contribution in [3.63, 3.8) is 0 Å². The van der Waals surface area contributed by atoms with Crippen LogP contribution in [0.3, 0.4) is 0 Å². The molecule has 0 saturated heterocycles. The summed E-state index contributed by atoms with van der Waals surface area (Å²) < 4.78 is 38.3. The minimum atomic E-state index is -3.58. The largest absolute Gasteiger partial charge is 0.497 e. The molecule has 2 aromatic rings. The number of rotatable bonds is 7. The second kappa shape index (κ2) is 7.89. The van der Waals surface area contributed by atoms with Gasteiger partial charge in [-0.1, -0.05) is 17.7 Å². The molecule has 0 aliphatic rings. The topological polar surface area (TPSA) is 64.6 Å². The first-order chi connectivity index (χ1) is 11.7. The Morgan fingerprint density at radius 1 is 0.960 bits per heavy atom. The van der Waals surface area contributed by atoms with Crippen LogP contribution < -0.4 is 14.2 Å². The third kappa shape index (κ3) is 4.74. The lowest BCUT2D eigenvalue weighted by Crippen LogP contribution is -2.29. The zero-order valence-corrected chi connectivity index (χ0v) is 16.2. The third-order valence-electron chi connectivity index (χ3n) is 3.92. The van der Waals surface area contributed by atoms with Gasteiger partial charge in [-0.15, -0.1) is 0 Å². The van der Waals surface area contributed by atoms with Crippen molar-refractivity contribution in [1.29, 1.82) is 0 Å². The van der Waals surface area contributed by atoms with E-state index in [9.17, 15) is 8.42 Å². The van der Waals surface area contributed by atoms with E-state index in [0.717, 1.165) is 16.9 Å². The predicted molar refractivity (Wildman–Crippen MR) is 99.1 cm³/mol. The first kappa shape index (κ1) is 19.3. The fourth-order valence-electron chi connectivity index (χ4n) is 2.85. The van der Waals surface area contributed by atoms with Crippen LogP contribution in [0.5, 0.6) is 11.5 Å². The monoisotopic (exact) mass is 363 g/mol. The normalized spacial score (nSPS) is 11.4. The highest BCUT2D eigenvalue weighted by atomic mass is 32.2. The first-order valence-electron chi connectivity index (χ1n) is 8.09. The lowest BCUT2D eigenvalue weighted by atomic mass is 10.1. The molecule has 25 heavy (non-hydrogen) atoms. The highest BCUT2D eigenvalue weighted by molar-refractivity contribution is 7.89. The van der Waals surface area contributed by atoms with E-state index in [1.54, 1.807) is 32.2 Å². The predicted octanol–water partition coefficient (Wildman–Crippen LogP) is 3.29. The summed E-state index contributed by atoms with van der Waals surface area (Å²) in [5.41, 5.74) is 3.91. The summed E-state index contributed by atoms with van der Waals surface area (Å²) in [4.78, 5) is 0.246. The lowest BCUT2D eigenvalue weighted by molar-refractivity contribution is 0.318. The molecule has 0 aromatic heterocycles. The lowest BCUT2D eigenvalue weighted by Gasteiger charge is -2.14. The van der Waals surface area contributed by atoms with E-state index in [-0.39, 0.29) is 18.0 Å². The van der Waals surface area contributed by atoms with Gasteiger partial charge in [-0.05, 0) is 62.6 Å². The van der Waals surface area contributed by atoms with Crippen molar-refractivity contribution in [2.75, 3.05) is 20.3 Å². The van der Waals surface area contributed by atoms with E-state index in [1.807, 2.05) is 32.9 Å². The molecule has 136 valence electrons. The van der Waals surface area contributed by atoms with Crippen LogP contribution >= 0.6 is 0 Å². The molecule has 0 aliphatic heterocycles. The maximum Gasteiger partial charge on any atom is 0.240 e. The van der Waals surface area contributed by atoms with Gasteiger partial charge in [0.25, 0.3) is 0 Å². The maximum absolute atomic E-state index is 12.4. The summed E-state index contributed by atoms with van der Waals surface area (Å²) in [7, 11) is -2.03. The van der Waals surface area contributed by atoms with Crippen molar-refractivity contribution in [3.05, 3.63) is 52.6 Å². The Morgan fingerprint density at radius 3 is 2.16 bits per heavy atom. The Kier molecular flexibility index (Phi) is 6.08. The average molecular weight is 363 g/mol. The highest BCUT2D eigenvalue weighted by Crippen LogP contribution is 2.24. The summed E-state index contributed by atoms with van der Waals surface area (Å²) in [5, 5.41) is 0. The number of sulfonamides is 1. The number of aryl methyl sites for hydroxylation is 4. The quantitative estimate of drug-likeness (QED) is 0.767. The molecule has 0 amide bonds. The number of benzene rings is 2. The molecule has 0 spiro atoms. The molecule has 2 aromatic carbocycles. The molecular weight excluding hydrogens is 338 g/mol. The molecular formula is C19H25NO4S. The molecule has 5 nitrogen and oxygen atoms in total. The fourth-order valence-corrected chi connectivity index (χ4v) is 4.09. The van der Waals surface area contributed by atoms with Crippen LogP contribution in [-0.4, -0.2) is 28.7 Å². The second-order valence-electron chi connectivity index (χ2n) is 6.11. The molecule has 0 fully saturated rings. The number of hydrogen-bond donors (Lipinski definition) is 1. The van der Waals surface area contributed by atoms with Crippen LogP contribution in [0.1, 0.15) is 22.3 Å². The van der Waals surface area contributed by atoms with Gasteiger partial charge in [0, 0.05) is 6.54 Å². The van der Waals surface area contributed by atoms with Gasteiger partial charge in [-0.2, -0.15) is 0 Å². The maximum atomic E-state index is 12.4. The summed E-state index contributed by atoms with van der Waals surface area (Å²) >= 11 is 0. The number of nitrogens with one attached hydrogen (secondary N) is 1. The van der Waals surface area contributed by atoms with Crippen LogP contribution in [0.15, 0.2) is 35.2 Å². The van der Waals surface area contributed by atoms with E-state index in [4.69, 9.17) is 9.47 Å². The highest BCUT2D eigenvalue weighted by Gasteiger charge is 2.17. The molecule has 0 saturated carbocycles. The van der Waals surface area contributed by atoms with E-state index < -0.39 is 10.0 Å². The number of hydrogen-bond acceptors (Lipinski definition) is 4. The molecule has 2 rings (SSSR count). The Hall–Kier alpha value is -2.05.